The van der Waals surface area contributed by atoms with Crippen molar-refractivity contribution in [3.63, 3.8) is 0 Å². The zero-order valence-electron chi connectivity index (χ0n) is 14.4. The largest absolute Gasteiger partial charge is 0.481 e. The predicted molar refractivity (Wildman–Crippen MR) is 93.5 cm³/mol. The van der Waals surface area contributed by atoms with Gasteiger partial charge in [0.1, 0.15) is 5.65 Å². The van der Waals surface area contributed by atoms with Crippen molar-refractivity contribution in [3.8, 4) is 0 Å². The van der Waals surface area contributed by atoms with Gasteiger partial charge in [0.25, 0.3) is 0 Å². The molecular formula is C18H24N4O3. The van der Waals surface area contributed by atoms with Crippen LogP contribution in [0.5, 0.6) is 0 Å². The number of urea groups is 1. The van der Waals surface area contributed by atoms with Crippen LogP contribution in [0.3, 0.4) is 0 Å². The second-order valence-electron chi connectivity index (χ2n) is 6.66. The fraction of sp³-hybridized carbons (Fsp3) is 0.500. The number of aryl methyl sites for hydroxylation is 1. The number of carbonyl (C=O) groups is 2. The second kappa shape index (κ2) is 7.55. The number of carboxylic acid groups (broad SMARTS) is 1. The van der Waals surface area contributed by atoms with Gasteiger partial charge < -0.3 is 20.1 Å². The standard InChI is InChI=1S/C18H24N4O3/c1-12-3-2-4-16-20-15(11-22(12)16)9-10-19-18(25)21-14-7-5-13(6-8-14)17(23)24/h2-4,11,13-14H,5-10H2,1H3,(H,23,24)(H2,19,21,25). The third-order valence-corrected chi connectivity index (χ3v) is 4.82. The molecule has 7 heteroatoms. The predicted octanol–water partition coefficient (Wildman–Crippen LogP) is 2.13. The van der Waals surface area contributed by atoms with Crippen LogP contribution in [-0.2, 0) is 11.2 Å². The lowest BCUT2D eigenvalue weighted by Crippen LogP contribution is -2.44. The Labute approximate surface area is 146 Å². The zero-order valence-corrected chi connectivity index (χ0v) is 14.4. The molecule has 1 saturated carbocycles. The minimum absolute atomic E-state index is 0.0634. The summed E-state index contributed by atoms with van der Waals surface area (Å²) >= 11 is 0. The second-order valence-corrected chi connectivity index (χ2v) is 6.66. The highest BCUT2D eigenvalue weighted by atomic mass is 16.4. The lowest BCUT2D eigenvalue weighted by molar-refractivity contribution is -0.142. The number of rotatable bonds is 5. The van der Waals surface area contributed by atoms with Crippen molar-refractivity contribution in [2.75, 3.05) is 6.54 Å². The fourth-order valence-corrected chi connectivity index (χ4v) is 3.34. The lowest BCUT2D eigenvalue weighted by Gasteiger charge is -2.26. The maximum absolute atomic E-state index is 12.0. The highest BCUT2D eigenvalue weighted by Crippen LogP contribution is 2.24. The summed E-state index contributed by atoms with van der Waals surface area (Å²) in [6.07, 6.45) is 5.35. The summed E-state index contributed by atoms with van der Waals surface area (Å²) in [5, 5.41) is 14.8. The van der Waals surface area contributed by atoms with Crippen LogP contribution in [-0.4, -0.2) is 39.1 Å². The smallest absolute Gasteiger partial charge is 0.315 e. The molecule has 1 aliphatic rings. The highest BCUT2D eigenvalue weighted by molar-refractivity contribution is 5.74. The summed E-state index contributed by atoms with van der Waals surface area (Å²) in [4.78, 5) is 27.5. The van der Waals surface area contributed by atoms with Crippen LogP contribution >= 0.6 is 0 Å². The Bertz CT molecular complexity index is 763. The SMILES string of the molecule is Cc1cccc2nc(CCNC(=O)NC3CCC(C(=O)O)CC3)cn12. The van der Waals surface area contributed by atoms with Crippen LogP contribution in [0.15, 0.2) is 24.4 Å². The molecule has 3 N–H and O–H groups in total. The van der Waals surface area contributed by atoms with Gasteiger partial charge in [-0.25, -0.2) is 9.78 Å². The molecule has 2 amide bonds. The van der Waals surface area contributed by atoms with E-state index < -0.39 is 5.97 Å². The maximum Gasteiger partial charge on any atom is 0.315 e. The van der Waals surface area contributed by atoms with E-state index in [9.17, 15) is 9.59 Å². The van der Waals surface area contributed by atoms with Crippen LogP contribution in [0.25, 0.3) is 5.65 Å². The van der Waals surface area contributed by atoms with Crippen molar-refractivity contribution in [2.24, 2.45) is 5.92 Å². The Morgan fingerprint density at radius 2 is 2.04 bits per heavy atom. The van der Waals surface area contributed by atoms with Crippen LogP contribution < -0.4 is 10.6 Å². The number of hydrogen-bond acceptors (Lipinski definition) is 3. The van der Waals surface area contributed by atoms with Crippen LogP contribution in [0.4, 0.5) is 4.79 Å². The molecule has 2 heterocycles. The molecule has 0 aliphatic heterocycles. The van der Waals surface area contributed by atoms with Gasteiger partial charge in [-0.05, 0) is 44.7 Å². The molecule has 2 aromatic heterocycles. The van der Waals surface area contributed by atoms with Gasteiger partial charge in [-0.1, -0.05) is 6.07 Å². The number of fused-ring (bicyclic) bond motifs is 1. The Kier molecular flexibility index (Phi) is 5.21. The van der Waals surface area contributed by atoms with Gasteiger partial charge in [0.05, 0.1) is 11.6 Å². The Morgan fingerprint density at radius 1 is 1.28 bits per heavy atom. The van der Waals surface area contributed by atoms with E-state index in [1.54, 1.807) is 0 Å². The zero-order chi connectivity index (χ0) is 17.8. The number of imidazole rings is 1. The van der Waals surface area contributed by atoms with E-state index in [1.165, 1.54) is 0 Å². The molecule has 0 radical (unpaired) electrons. The molecule has 7 nitrogen and oxygen atoms in total. The van der Waals surface area contributed by atoms with E-state index in [-0.39, 0.29) is 18.0 Å². The number of aromatic nitrogens is 2. The van der Waals surface area contributed by atoms with Crippen molar-refractivity contribution in [2.45, 2.75) is 45.1 Å². The lowest BCUT2D eigenvalue weighted by atomic mass is 9.86. The molecule has 0 spiro atoms. The van der Waals surface area contributed by atoms with E-state index in [0.29, 0.717) is 25.8 Å². The number of hydrogen-bond donors (Lipinski definition) is 3. The van der Waals surface area contributed by atoms with Crippen molar-refractivity contribution < 1.29 is 14.7 Å². The molecule has 0 atom stereocenters. The Morgan fingerprint density at radius 3 is 2.72 bits per heavy atom. The molecule has 3 rings (SSSR count). The highest BCUT2D eigenvalue weighted by Gasteiger charge is 2.26. The van der Waals surface area contributed by atoms with E-state index in [4.69, 9.17) is 5.11 Å². The first kappa shape index (κ1) is 17.3. The molecular weight excluding hydrogens is 320 g/mol. The first-order chi connectivity index (χ1) is 12.0. The van der Waals surface area contributed by atoms with Gasteiger partial charge in [0.15, 0.2) is 0 Å². The van der Waals surface area contributed by atoms with Gasteiger partial charge >= 0.3 is 12.0 Å². The van der Waals surface area contributed by atoms with Gasteiger partial charge in [0.2, 0.25) is 0 Å². The van der Waals surface area contributed by atoms with Crippen molar-refractivity contribution in [3.05, 3.63) is 35.8 Å². The third-order valence-electron chi connectivity index (χ3n) is 4.82. The Hall–Kier alpha value is -2.57. The summed E-state index contributed by atoms with van der Waals surface area (Å²) < 4.78 is 2.04. The van der Waals surface area contributed by atoms with Crippen LogP contribution in [0, 0.1) is 12.8 Å². The molecule has 1 fully saturated rings. The number of nitrogens with one attached hydrogen (secondary N) is 2. The van der Waals surface area contributed by atoms with Crippen LogP contribution in [0.2, 0.25) is 0 Å². The van der Waals surface area contributed by atoms with E-state index in [1.807, 2.05) is 35.7 Å². The molecule has 1 aliphatic carbocycles. The molecule has 134 valence electrons. The quantitative estimate of drug-likeness (QED) is 0.774. The summed E-state index contributed by atoms with van der Waals surface area (Å²) in [7, 11) is 0. The minimum Gasteiger partial charge on any atom is -0.481 e. The molecule has 0 unspecified atom stereocenters. The van der Waals surface area contributed by atoms with E-state index >= 15 is 0 Å². The number of amides is 2. The van der Waals surface area contributed by atoms with Gasteiger partial charge in [0, 0.05) is 30.9 Å². The topological polar surface area (TPSA) is 95.7 Å². The van der Waals surface area contributed by atoms with Gasteiger partial charge in [-0.3, -0.25) is 4.79 Å². The van der Waals surface area contributed by atoms with Crippen molar-refractivity contribution >= 4 is 17.6 Å². The normalized spacial score (nSPS) is 20.4. The summed E-state index contributed by atoms with van der Waals surface area (Å²) in [6.45, 7) is 2.54. The van der Waals surface area contributed by atoms with Crippen molar-refractivity contribution in [1.29, 1.82) is 0 Å². The number of nitrogens with zero attached hydrogens (tertiary/aromatic N) is 2. The van der Waals surface area contributed by atoms with E-state index in [2.05, 4.69) is 15.6 Å². The number of carbonyl (C=O) groups excluding carboxylic acids is 1. The summed E-state index contributed by atoms with van der Waals surface area (Å²) in [5.74, 6) is -0.995. The molecule has 2 aromatic rings. The third kappa shape index (κ3) is 4.29. The Balaban J connectivity index is 1.42. The first-order valence-corrected chi connectivity index (χ1v) is 8.73. The van der Waals surface area contributed by atoms with Crippen molar-refractivity contribution in [1.82, 2.24) is 20.0 Å². The molecule has 0 aromatic carbocycles. The monoisotopic (exact) mass is 344 g/mol. The average molecular weight is 344 g/mol. The van der Waals surface area contributed by atoms with Gasteiger partial charge in [-0.2, -0.15) is 0 Å². The number of pyridine rings is 1. The maximum atomic E-state index is 12.0. The summed E-state index contributed by atoms with van der Waals surface area (Å²) in [6, 6.07) is 5.84. The van der Waals surface area contributed by atoms with Gasteiger partial charge in [-0.15, -0.1) is 0 Å². The summed E-state index contributed by atoms with van der Waals surface area (Å²) in [5.41, 5.74) is 2.98. The van der Waals surface area contributed by atoms with Crippen LogP contribution in [0.1, 0.15) is 37.1 Å². The minimum atomic E-state index is -0.731. The first-order valence-electron chi connectivity index (χ1n) is 8.73. The van der Waals surface area contributed by atoms with E-state index in [0.717, 1.165) is 29.9 Å². The average Bonchev–Trinajstić information content (AvgIpc) is 3.00. The number of carboxylic acids is 1. The molecule has 25 heavy (non-hydrogen) atoms. The molecule has 0 saturated heterocycles. The fourth-order valence-electron chi connectivity index (χ4n) is 3.34. The number of aliphatic carboxylic acids is 1. The molecule has 0 bridgehead atoms.